The first-order chi connectivity index (χ1) is 14.1. The van der Waals surface area contributed by atoms with Crippen LogP contribution in [0.1, 0.15) is 36.7 Å². The summed E-state index contributed by atoms with van der Waals surface area (Å²) >= 11 is 13.1. The number of halogens is 3. The molecule has 0 aliphatic carbocycles. The number of carboxylic acids is 1. The second-order valence-corrected chi connectivity index (χ2v) is 9.30. The summed E-state index contributed by atoms with van der Waals surface area (Å²) in [6.07, 6.45) is 0. The molecular weight excluding hydrogens is 540 g/mol. The lowest BCUT2D eigenvalue weighted by Gasteiger charge is -2.20. The molecule has 2 aromatic rings. The van der Waals surface area contributed by atoms with Gasteiger partial charge in [0.1, 0.15) is 18.9 Å². The first-order valence-corrected chi connectivity index (χ1v) is 11.2. The Morgan fingerprint density at radius 2 is 1.73 bits per heavy atom. The molecule has 9 heteroatoms. The Bertz CT molecular complexity index is 914. The van der Waals surface area contributed by atoms with E-state index in [9.17, 15) is 9.59 Å². The zero-order valence-electron chi connectivity index (χ0n) is 16.8. The van der Waals surface area contributed by atoms with Gasteiger partial charge in [-0.1, -0.05) is 25.4 Å². The number of aliphatic carboxylic acids is 1. The van der Waals surface area contributed by atoms with Crippen molar-refractivity contribution in [3.63, 3.8) is 0 Å². The van der Waals surface area contributed by atoms with E-state index in [-0.39, 0.29) is 6.61 Å². The topological polar surface area (TPSA) is 87.7 Å². The van der Waals surface area contributed by atoms with Gasteiger partial charge in [0.05, 0.1) is 8.95 Å². The van der Waals surface area contributed by atoms with Gasteiger partial charge in [-0.3, -0.25) is 9.59 Å². The predicted octanol–water partition coefficient (Wildman–Crippen LogP) is 5.71. The fourth-order valence-corrected chi connectivity index (χ4v) is 4.16. The standard InChI is InChI=1S/C21H23Br2ClN2O4/c1-11(2)12(3)26-16-5-13(4-15(24)8-16)10-30-20-17(22)6-14(7-18(20)23)21(29)25-9-19(27)28/h4-8,11-12,26H,9-10H2,1-3H3,(H,25,29)(H,27,28). The van der Waals surface area contributed by atoms with Gasteiger partial charge in [-0.15, -0.1) is 0 Å². The molecule has 1 atom stereocenters. The molecule has 30 heavy (non-hydrogen) atoms. The molecule has 1 unspecified atom stereocenters. The number of anilines is 1. The van der Waals surface area contributed by atoms with E-state index in [2.05, 4.69) is 63.3 Å². The summed E-state index contributed by atoms with van der Waals surface area (Å²) in [7, 11) is 0. The molecule has 2 aromatic carbocycles. The number of carbonyl (C=O) groups excluding carboxylic acids is 1. The summed E-state index contributed by atoms with van der Waals surface area (Å²) in [4.78, 5) is 22.7. The van der Waals surface area contributed by atoms with Gasteiger partial charge in [0.15, 0.2) is 0 Å². The molecule has 0 bridgehead atoms. The first-order valence-electron chi connectivity index (χ1n) is 9.24. The lowest BCUT2D eigenvalue weighted by Crippen LogP contribution is -2.29. The molecule has 0 saturated carbocycles. The highest BCUT2D eigenvalue weighted by Gasteiger charge is 2.15. The van der Waals surface area contributed by atoms with E-state index in [0.29, 0.717) is 37.2 Å². The van der Waals surface area contributed by atoms with Gasteiger partial charge in [0.25, 0.3) is 5.91 Å². The third kappa shape index (κ3) is 7.18. The SMILES string of the molecule is CC(C)C(C)Nc1cc(Cl)cc(COc2c(Br)cc(C(=O)NCC(=O)O)cc2Br)c1. The molecular formula is C21H23Br2ClN2O4. The number of carboxylic acid groups (broad SMARTS) is 1. The van der Waals surface area contributed by atoms with Crippen LogP contribution in [0.15, 0.2) is 39.3 Å². The van der Waals surface area contributed by atoms with Crippen LogP contribution in [0.25, 0.3) is 0 Å². The van der Waals surface area contributed by atoms with Crippen LogP contribution in [0, 0.1) is 5.92 Å². The fourth-order valence-electron chi connectivity index (χ4n) is 2.49. The number of hydrogen-bond donors (Lipinski definition) is 3. The molecule has 1 amide bonds. The maximum atomic E-state index is 12.1. The molecule has 0 saturated heterocycles. The van der Waals surface area contributed by atoms with Crippen LogP contribution in [0.4, 0.5) is 5.69 Å². The Morgan fingerprint density at radius 3 is 2.30 bits per heavy atom. The summed E-state index contributed by atoms with van der Waals surface area (Å²) in [5.41, 5.74) is 2.12. The summed E-state index contributed by atoms with van der Waals surface area (Å²) in [5, 5.41) is 15.1. The van der Waals surface area contributed by atoms with Crippen LogP contribution in [-0.2, 0) is 11.4 Å². The Morgan fingerprint density at radius 1 is 1.10 bits per heavy atom. The van der Waals surface area contributed by atoms with Crippen LogP contribution in [0.5, 0.6) is 5.75 Å². The van der Waals surface area contributed by atoms with Crippen LogP contribution in [0.3, 0.4) is 0 Å². The second-order valence-electron chi connectivity index (χ2n) is 7.16. The van der Waals surface area contributed by atoms with Crippen molar-refractivity contribution in [1.29, 1.82) is 0 Å². The van der Waals surface area contributed by atoms with E-state index in [1.165, 1.54) is 0 Å². The van der Waals surface area contributed by atoms with Gasteiger partial charge in [-0.05, 0) is 80.6 Å². The van der Waals surface area contributed by atoms with E-state index in [0.717, 1.165) is 11.3 Å². The van der Waals surface area contributed by atoms with E-state index < -0.39 is 18.4 Å². The second kappa shape index (κ2) is 11.0. The van der Waals surface area contributed by atoms with Gasteiger partial charge in [-0.2, -0.15) is 0 Å². The predicted molar refractivity (Wildman–Crippen MR) is 126 cm³/mol. The molecule has 0 radical (unpaired) electrons. The van der Waals surface area contributed by atoms with Gasteiger partial charge in [-0.25, -0.2) is 0 Å². The van der Waals surface area contributed by atoms with Gasteiger partial charge in [0.2, 0.25) is 0 Å². The van der Waals surface area contributed by atoms with Crippen LogP contribution >= 0.6 is 43.5 Å². The highest BCUT2D eigenvalue weighted by Crippen LogP contribution is 2.35. The zero-order valence-corrected chi connectivity index (χ0v) is 20.7. The smallest absolute Gasteiger partial charge is 0.322 e. The molecule has 6 nitrogen and oxygen atoms in total. The minimum Gasteiger partial charge on any atom is -0.487 e. The number of nitrogens with one attached hydrogen (secondary N) is 2. The van der Waals surface area contributed by atoms with Crippen LogP contribution < -0.4 is 15.4 Å². The normalized spacial score (nSPS) is 11.8. The lowest BCUT2D eigenvalue weighted by atomic mass is 10.1. The highest BCUT2D eigenvalue weighted by atomic mass is 79.9. The molecule has 3 N–H and O–H groups in total. The van der Waals surface area contributed by atoms with Crippen molar-refractivity contribution >= 4 is 61.0 Å². The van der Waals surface area contributed by atoms with Crippen molar-refractivity contribution in [2.24, 2.45) is 5.92 Å². The molecule has 0 fully saturated rings. The molecule has 0 heterocycles. The average Bonchev–Trinajstić information content (AvgIpc) is 2.64. The monoisotopic (exact) mass is 560 g/mol. The van der Waals surface area contributed by atoms with Crippen LogP contribution in [-0.4, -0.2) is 29.6 Å². The zero-order chi connectivity index (χ0) is 22.4. The molecule has 2 rings (SSSR count). The summed E-state index contributed by atoms with van der Waals surface area (Å²) in [5.74, 6) is -0.605. The summed E-state index contributed by atoms with van der Waals surface area (Å²) in [6, 6.07) is 9.14. The Labute approximate surface area is 197 Å². The van der Waals surface area contributed by atoms with Crippen molar-refractivity contribution < 1.29 is 19.4 Å². The number of ether oxygens (including phenoxy) is 1. The molecule has 0 spiro atoms. The Kier molecular flexibility index (Phi) is 9.00. The number of rotatable bonds is 9. The quantitative estimate of drug-likeness (QED) is 0.364. The van der Waals surface area contributed by atoms with Gasteiger partial charge >= 0.3 is 5.97 Å². The van der Waals surface area contributed by atoms with E-state index in [1.807, 2.05) is 18.2 Å². The maximum absolute atomic E-state index is 12.1. The van der Waals surface area contributed by atoms with E-state index in [4.69, 9.17) is 21.4 Å². The van der Waals surface area contributed by atoms with Gasteiger partial charge in [0, 0.05) is 22.3 Å². The van der Waals surface area contributed by atoms with Crippen molar-refractivity contribution in [1.82, 2.24) is 5.32 Å². The maximum Gasteiger partial charge on any atom is 0.322 e. The molecule has 0 aliphatic heterocycles. The minimum absolute atomic E-state index is 0.271. The van der Waals surface area contributed by atoms with Crippen molar-refractivity contribution in [2.45, 2.75) is 33.4 Å². The summed E-state index contributed by atoms with van der Waals surface area (Å²) in [6.45, 7) is 6.23. The first kappa shape index (κ1) is 24.5. The lowest BCUT2D eigenvalue weighted by molar-refractivity contribution is -0.135. The fraction of sp³-hybridized carbons (Fsp3) is 0.333. The number of amides is 1. The van der Waals surface area contributed by atoms with Gasteiger partial charge < -0.3 is 20.5 Å². The van der Waals surface area contributed by atoms with Crippen LogP contribution in [0.2, 0.25) is 5.02 Å². The largest absolute Gasteiger partial charge is 0.487 e. The number of hydrogen-bond acceptors (Lipinski definition) is 4. The number of carbonyl (C=O) groups is 2. The van der Waals surface area contributed by atoms with Crippen molar-refractivity contribution in [3.8, 4) is 5.75 Å². The minimum atomic E-state index is -1.11. The highest BCUT2D eigenvalue weighted by molar-refractivity contribution is 9.11. The average molecular weight is 563 g/mol. The Balaban J connectivity index is 2.13. The molecule has 0 aromatic heterocycles. The summed E-state index contributed by atoms with van der Waals surface area (Å²) < 4.78 is 7.07. The third-order valence-electron chi connectivity index (χ3n) is 4.40. The molecule has 0 aliphatic rings. The van der Waals surface area contributed by atoms with E-state index in [1.54, 1.807) is 12.1 Å². The Hall–Kier alpha value is -1.77. The third-order valence-corrected chi connectivity index (χ3v) is 5.79. The number of benzene rings is 2. The molecule has 162 valence electrons. The van der Waals surface area contributed by atoms with Crippen molar-refractivity contribution in [2.75, 3.05) is 11.9 Å². The van der Waals surface area contributed by atoms with Crippen molar-refractivity contribution in [3.05, 3.63) is 55.4 Å². The van der Waals surface area contributed by atoms with E-state index >= 15 is 0 Å².